The maximum absolute atomic E-state index is 13.8. The second kappa shape index (κ2) is 6.13. The van der Waals surface area contributed by atoms with Crippen LogP contribution in [0.25, 0.3) is 5.65 Å². The van der Waals surface area contributed by atoms with Gasteiger partial charge in [0.1, 0.15) is 23.8 Å². The molecular formula is C18H17FN6O3. The number of aromatic nitrogens is 4. The van der Waals surface area contributed by atoms with Gasteiger partial charge in [-0.3, -0.25) is 4.79 Å². The summed E-state index contributed by atoms with van der Waals surface area (Å²) >= 11 is 0. The minimum Gasteiger partial charge on any atom is -0.475 e. The molecule has 1 fully saturated rings. The van der Waals surface area contributed by atoms with Crippen LogP contribution in [0, 0.1) is 5.82 Å². The zero-order chi connectivity index (χ0) is 19.3. The second-order valence-electron chi connectivity index (χ2n) is 7.09. The van der Waals surface area contributed by atoms with Crippen molar-refractivity contribution in [3.05, 3.63) is 47.7 Å². The largest absolute Gasteiger partial charge is 0.475 e. The van der Waals surface area contributed by atoms with Gasteiger partial charge in [0.2, 0.25) is 5.88 Å². The van der Waals surface area contributed by atoms with Crippen molar-refractivity contribution < 1.29 is 19.0 Å². The van der Waals surface area contributed by atoms with E-state index >= 15 is 0 Å². The van der Waals surface area contributed by atoms with Crippen LogP contribution in [-0.4, -0.2) is 49.3 Å². The summed E-state index contributed by atoms with van der Waals surface area (Å²) in [4.78, 5) is 21.3. The maximum atomic E-state index is 13.8. The molecule has 0 aromatic carbocycles. The summed E-state index contributed by atoms with van der Waals surface area (Å²) in [7, 11) is 0. The average Bonchev–Trinajstić information content (AvgIpc) is 3.31. The number of aliphatic hydroxyl groups is 1. The first kappa shape index (κ1) is 16.9. The van der Waals surface area contributed by atoms with Crippen molar-refractivity contribution in [3.8, 4) is 5.88 Å². The quantitative estimate of drug-likeness (QED) is 0.575. The van der Waals surface area contributed by atoms with Crippen LogP contribution in [0.1, 0.15) is 34.8 Å². The smallest absolute Gasteiger partial charge is 0.257 e. The highest BCUT2D eigenvalue weighted by Crippen LogP contribution is 2.37. The second-order valence-corrected chi connectivity index (χ2v) is 7.09. The van der Waals surface area contributed by atoms with Gasteiger partial charge in [0.15, 0.2) is 5.65 Å². The Hall–Kier alpha value is -3.27. The van der Waals surface area contributed by atoms with Gasteiger partial charge in [0, 0.05) is 11.8 Å². The zero-order valence-electron chi connectivity index (χ0n) is 14.7. The van der Waals surface area contributed by atoms with Crippen molar-refractivity contribution in [2.24, 2.45) is 0 Å². The maximum Gasteiger partial charge on any atom is 0.257 e. The molecule has 5 rings (SSSR count). The van der Waals surface area contributed by atoms with Crippen LogP contribution in [-0.2, 0) is 0 Å². The molecule has 2 aliphatic rings. The minimum atomic E-state index is -0.695. The molecule has 1 atom stereocenters. The van der Waals surface area contributed by atoms with Crippen molar-refractivity contribution in [1.29, 1.82) is 0 Å². The average molecular weight is 384 g/mol. The van der Waals surface area contributed by atoms with Crippen molar-refractivity contribution >= 4 is 17.4 Å². The Morgan fingerprint density at radius 1 is 1.39 bits per heavy atom. The van der Waals surface area contributed by atoms with E-state index in [9.17, 15) is 14.3 Å². The lowest BCUT2D eigenvalue weighted by atomic mass is 10.1. The van der Waals surface area contributed by atoms with E-state index in [2.05, 4.69) is 25.7 Å². The number of carbonyl (C=O) groups is 1. The third kappa shape index (κ3) is 2.82. The molecule has 144 valence electrons. The number of hydrogen-bond acceptors (Lipinski definition) is 7. The number of anilines is 1. The molecule has 1 spiro atoms. The molecule has 3 aromatic rings. The summed E-state index contributed by atoms with van der Waals surface area (Å²) in [6, 6.07) is 2.23. The molecule has 3 N–H and O–H groups in total. The minimum absolute atomic E-state index is 0.192. The van der Waals surface area contributed by atoms with Crippen LogP contribution in [0.2, 0.25) is 0 Å². The van der Waals surface area contributed by atoms with Crippen LogP contribution in [0.4, 0.5) is 10.2 Å². The Morgan fingerprint density at radius 3 is 3.04 bits per heavy atom. The lowest BCUT2D eigenvalue weighted by molar-refractivity contribution is 0.0913. The summed E-state index contributed by atoms with van der Waals surface area (Å²) in [5.41, 5.74) is 0.593. The highest BCUT2D eigenvalue weighted by atomic mass is 19.1. The molecule has 1 aliphatic heterocycles. The van der Waals surface area contributed by atoms with E-state index in [4.69, 9.17) is 4.74 Å². The Kier molecular flexibility index (Phi) is 3.69. The van der Waals surface area contributed by atoms with E-state index in [0.717, 1.165) is 19.0 Å². The first-order valence-corrected chi connectivity index (χ1v) is 8.89. The van der Waals surface area contributed by atoms with Gasteiger partial charge in [-0.1, -0.05) is 0 Å². The fourth-order valence-electron chi connectivity index (χ4n) is 3.29. The highest BCUT2D eigenvalue weighted by molar-refractivity contribution is 6.00. The molecule has 9 nitrogen and oxygen atoms in total. The van der Waals surface area contributed by atoms with E-state index in [1.165, 1.54) is 16.8 Å². The van der Waals surface area contributed by atoms with Crippen LogP contribution >= 0.6 is 0 Å². The van der Waals surface area contributed by atoms with Gasteiger partial charge in [-0.05, 0) is 25.0 Å². The Balaban J connectivity index is 1.65. The number of rotatable bonds is 1. The number of fused-ring (bicyclic) bond motifs is 2. The Morgan fingerprint density at radius 2 is 2.25 bits per heavy atom. The lowest BCUT2D eigenvalue weighted by Crippen LogP contribution is -2.41. The fraction of sp³-hybridized carbons (Fsp3) is 0.333. The number of ether oxygens (including phenoxy) is 1. The number of nitrogens with zero attached hydrogens (tertiary/aromatic N) is 4. The number of carbonyl (C=O) groups excluding carboxylic acids is 1. The van der Waals surface area contributed by atoms with Crippen molar-refractivity contribution in [2.45, 2.75) is 24.4 Å². The molecule has 1 aliphatic carbocycles. The van der Waals surface area contributed by atoms with E-state index in [1.54, 1.807) is 12.3 Å². The summed E-state index contributed by atoms with van der Waals surface area (Å²) in [6.45, 7) is -0.138. The molecule has 0 radical (unpaired) electrons. The Labute approximate surface area is 158 Å². The van der Waals surface area contributed by atoms with Gasteiger partial charge in [0.25, 0.3) is 5.91 Å². The molecule has 4 heterocycles. The van der Waals surface area contributed by atoms with Gasteiger partial charge in [0.05, 0.1) is 30.6 Å². The van der Waals surface area contributed by atoms with Crippen LogP contribution in [0.3, 0.4) is 0 Å². The lowest BCUT2D eigenvalue weighted by Gasteiger charge is -2.21. The van der Waals surface area contributed by atoms with Gasteiger partial charge >= 0.3 is 0 Å². The van der Waals surface area contributed by atoms with Crippen molar-refractivity contribution in [3.63, 3.8) is 0 Å². The number of nitrogens with one attached hydrogen (secondary N) is 2. The van der Waals surface area contributed by atoms with E-state index in [-0.39, 0.29) is 25.0 Å². The predicted octanol–water partition coefficient (Wildman–Crippen LogP) is 1.06. The summed E-state index contributed by atoms with van der Waals surface area (Å²) < 4.78 is 21.2. The molecule has 10 heteroatoms. The first-order valence-electron chi connectivity index (χ1n) is 8.89. The summed E-state index contributed by atoms with van der Waals surface area (Å²) in [5, 5.41) is 20.1. The normalized spacial score (nSPS) is 20.4. The van der Waals surface area contributed by atoms with E-state index in [1.807, 2.05) is 0 Å². The first-order chi connectivity index (χ1) is 13.6. The number of halogens is 1. The monoisotopic (exact) mass is 384 g/mol. The highest BCUT2D eigenvalue weighted by Gasteiger charge is 2.46. The summed E-state index contributed by atoms with van der Waals surface area (Å²) in [5.74, 6) is -0.220. The number of aliphatic hydroxyl groups excluding tert-OH is 1. The molecule has 1 unspecified atom stereocenters. The number of pyridine rings is 1. The van der Waals surface area contributed by atoms with E-state index in [0.29, 0.717) is 22.6 Å². The van der Waals surface area contributed by atoms with Crippen LogP contribution < -0.4 is 15.4 Å². The van der Waals surface area contributed by atoms with Crippen LogP contribution in [0.5, 0.6) is 5.88 Å². The predicted molar refractivity (Wildman–Crippen MR) is 95.6 cm³/mol. The molecule has 1 amide bonds. The fourth-order valence-corrected chi connectivity index (χ4v) is 3.29. The third-order valence-electron chi connectivity index (χ3n) is 5.06. The third-order valence-corrected chi connectivity index (χ3v) is 5.06. The van der Waals surface area contributed by atoms with Gasteiger partial charge in [-0.25, -0.2) is 18.9 Å². The molecular weight excluding hydrogens is 367 g/mol. The Bertz CT molecular complexity index is 1080. The van der Waals surface area contributed by atoms with Crippen LogP contribution in [0.15, 0.2) is 30.7 Å². The van der Waals surface area contributed by atoms with E-state index < -0.39 is 17.4 Å². The number of amides is 1. The van der Waals surface area contributed by atoms with Crippen molar-refractivity contribution in [1.82, 2.24) is 24.9 Å². The SMILES string of the molecule is O=C1NC2(CC2)COc2ncc(F)cc2C(CO)Nc2ccn3ncc1c3n2. The standard InChI is InChI=1S/C18H17FN6O3/c19-10-5-11-13(8-26)22-14-1-4-25-15(23-14)12(7-21-25)16(27)24-18(2-3-18)9-28-17(11)20-6-10/h1,4-7,13,26H,2-3,8-9H2,(H,22,23)(H,24,27). The molecule has 28 heavy (non-hydrogen) atoms. The van der Waals surface area contributed by atoms with Gasteiger partial charge in [-0.15, -0.1) is 0 Å². The number of hydrogen-bond donors (Lipinski definition) is 3. The van der Waals surface area contributed by atoms with Gasteiger partial charge < -0.3 is 20.5 Å². The van der Waals surface area contributed by atoms with Crippen molar-refractivity contribution in [2.75, 3.05) is 18.5 Å². The molecule has 0 saturated heterocycles. The molecule has 3 aromatic heterocycles. The molecule has 2 bridgehead atoms. The summed E-state index contributed by atoms with van der Waals surface area (Å²) in [6.07, 6.45) is 5.70. The zero-order valence-corrected chi connectivity index (χ0v) is 14.7. The topological polar surface area (TPSA) is 114 Å². The molecule has 1 saturated carbocycles. The van der Waals surface area contributed by atoms with Gasteiger partial charge in [-0.2, -0.15) is 5.10 Å².